The van der Waals surface area contributed by atoms with Crippen LogP contribution >= 0.6 is 0 Å². The van der Waals surface area contributed by atoms with Crippen LogP contribution in [0.4, 0.5) is 0 Å². The van der Waals surface area contributed by atoms with Gasteiger partial charge in [-0.15, -0.1) is 0 Å². The Morgan fingerprint density at radius 2 is 2.03 bits per heavy atom. The maximum Gasteiger partial charge on any atom is 0.255 e. The minimum Gasteiger partial charge on any atom is -0.493 e. The highest BCUT2D eigenvalue weighted by molar-refractivity contribution is 6.09. The van der Waals surface area contributed by atoms with Crippen LogP contribution < -0.4 is 10.1 Å². The number of amides is 2. The molecule has 2 saturated carbocycles. The molecule has 194 valence electrons. The highest BCUT2D eigenvalue weighted by atomic mass is 16.5. The number of methoxy groups -OCH3 is 1. The normalized spacial score (nSPS) is 20.0. The molecule has 1 saturated heterocycles. The lowest BCUT2D eigenvalue weighted by Gasteiger charge is -2.18. The van der Waals surface area contributed by atoms with Crippen molar-refractivity contribution in [3.8, 4) is 17.0 Å². The number of fused-ring (bicyclic) bond motifs is 1. The molecule has 6 rings (SSSR count). The van der Waals surface area contributed by atoms with Crippen LogP contribution in [-0.4, -0.2) is 71.1 Å². The van der Waals surface area contributed by atoms with E-state index in [2.05, 4.69) is 26.3 Å². The maximum absolute atomic E-state index is 13.6. The van der Waals surface area contributed by atoms with Crippen LogP contribution in [0.3, 0.4) is 0 Å². The molecule has 2 N–H and O–H groups in total. The second-order valence-corrected chi connectivity index (χ2v) is 10.9. The second-order valence-electron chi connectivity index (χ2n) is 10.9. The van der Waals surface area contributed by atoms with Gasteiger partial charge < -0.3 is 24.7 Å². The fourth-order valence-corrected chi connectivity index (χ4v) is 5.52. The molecule has 1 aromatic carbocycles. The summed E-state index contributed by atoms with van der Waals surface area (Å²) in [5.74, 6) is 1.20. The smallest absolute Gasteiger partial charge is 0.255 e. The summed E-state index contributed by atoms with van der Waals surface area (Å²) in [5, 5.41) is 3.23. The van der Waals surface area contributed by atoms with E-state index in [0.29, 0.717) is 36.7 Å². The van der Waals surface area contributed by atoms with Crippen molar-refractivity contribution in [3.05, 3.63) is 41.3 Å². The molecular weight excluding hydrogens is 470 g/mol. The van der Waals surface area contributed by atoms with Crippen LogP contribution in [0, 0.1) is 25.2 Å². The van der Waals surface area contributed by atoms with Crippen molar-refractivity contribution in [1.29, 1.82) is 0 Å². The summed E-state index contributed by atoms with van der Waals surface area (Å²) in [6.45, 7) is 5.85. The van der Waals surface area contributed by atoms with Crippen molar-refractivity contribution in [2.24, 2.45) is 11.3 Å². The summed E-state index contributed by atoms with van der Waals surface area (Å²) in [4.78, 5) is 40.4. The molecule has 3 aromatic rings. The van der Waals surface area contributed by atoms with Gasteiger partial charge >= 0.3 is 0 Å². The number of likely N-dealkylation sites (tertiary alicyclic amines) is 1. The largest absolute Gasteiger partial charge is 0.493 e. The highest BCUT2D eigenvalue weighted by Gasteiger charge is 2.56. The number of carbonyl (C=O) groups excluding carboxylic acids is 2. The Hall–Kier alpha value is -3.46. The number of aryl methyl sites for hydroxylation is 2. The molecule has 3 fully saturated rings. The van der Waals surface area contributed by atoms with E-state index in [0.717, 1.165) is 46.6 Å². The van der Waals surface area contributed by atoms with Crippen LogP contribution in [0.1, 0.15) is 47.3 Å². The zero-order valence-corrected chi connectivity index (χ0v) is 21.6. The van der Waals surface area contributed by atoms with E-state index in [-0.39, 0.29) is 29.9 Å². The fourth-order valence-electron chi connectivity index (χ4n) is 5.52. The minimum atomic E-state index is -0.180. The van der Waals surface area contributed by atoms with Gasteiger partial charge in [0.2, 0.25) is 5.91 Å². The minimum absolute atomic E-state index is 0.0332. The van der Waals surface area contributed by atoms with E-state index in [1.165, 1.54) is 26.3 Å². The molecule has 1 unspecified atom stereocenters. The van der Waals surface area contributed by atoms with Crippen molar-refractivity contribution >= 4 is 22.8 Å². The van der Waals surface area contributed by atoms with E-state index in [1.54, 1.807) is 0 Å². The summed E-state index contributed by atoms with van der Waals surface area (Å²) in [7, 11) is 1.52. The average molecular weight is 504 g/mol. The van der Waals surface area contributed by atoms with E-state index in [4.69, 9.17) is 9.47 Å². The topological polar surface area (TPSA) is 109 Å². The number of H-pyrrole nitrogens is 1. The average Bonchev–Trinajstić information content (AvgIpc) is 3.78. The number of carbonyl (C=O) groups is 2. The number of aromatic amines is 1. The van der Waals surface area contributed by atoms with Crippen LogP contribution in [0.25, 0.3) is 22.3 Å². The predicted molar refractivity (Wildman–Crippen MR) is 138 cm³/mol. The molecule has 0 bridgehead atoms. The van der Waals surface area contributed by atoms with Gasteiger partial charge in [0, 0.05) is 36.9 Å². The first-order valence-corrected chi connectivity index (χ1v) is 13.0. The first kappa shape index (κ1) is 23.9. The van der Waals surface area contributed by atoms with Gasteiger partial charge in [0.1, 0.15) is 29.9 Å². The molecule has 1 spiro atoms. The molecule has 2 aromatic heterocycles. The van der Waals surface area contributed by atoms with E-state index in [1.807, 2.05) is 30.9 Å². The van der Waals surface area contributed by atoms with Crippen molar-refractivity contribution in [3.63, 3.8) is 0 Å². The molecule has 9 heteroatoms. The van der Waals surface area contributed by atoms with Gasteiger partial charge in [-0.05, 0) is 57.6 Å². The lowest BCUT2D eigenvalue weighted by Crippen LogP contribution is -2.42. The Morgan fingerprint density at radius 3 is 2.76 bits per heavy atom. The number of ether oxygens (including phenoxy) is 2. The molecule has 1 atom stereocenters. The molecule has 37 heavy (non-hydrogen) atoms. The van der Waals surface area contributed by atoms with Gasteiger partial charge in [-0.1, -0.05) is 11.6 Å². The van der Waals surface area contributed by atoms with Crippen molar-refractivity contribution in [1.82, 2.24) is 25.2 Å². The van der Waals surface area contributed by atoms with Gasteiger partial charge in [-0.3, -0.25) is 9.59 Å². The predicted octanol–water partition coefficient (Wildman–Crippen LogP) is 3.40. The molecule has 1 aliphatic heterocycles. The number of hydrogen-bond acceptors (Lipinski definition) is 6. The van der Waals surface area contributed by atoms with Gasteiger partial charge in [0.05, 0.1) is 23.7 Å². The quantitative estimate of drug-likeness (QED) is 0.488. The molecule has 9 nitrogen and oxygen atoms in total. The highest BCUT2D eigenvalue weighted by Crippen LogP contribution is 2.53. The number of nitrogens with one attached hydrogen (secondary N) is 2. The number of benzene rings is 1. The standard InChI is InChI=1S/C28H33N5O4/c1-16-4-7-20(37-12-18-5-6-18)19(10-16)24-26-25(30-15-29-24)23(17(2)31-26)27(35)32-21-11-33(22(34)13-36-3)14-28(21)8-9-28/h4,7,10,15,18,21,31H,5-6,8-9,11-14H2,1-3H3,(H,32,35). The van der Waals surface area contributed by atoms with E-state index >= 15 is 0 Å². The van der Waals surface area contributed by atoms with E-state index < -0.39 is 0 Å². The molecule has 2 aliphatic carbocycles. The third-order valence-corrected chi connectivity index (χ3v) is 8.03. The Balaban J connectivity index is 1.30. The molecule has 3 aliphatic rings. The third-order valence-electron chi connectivity index (χ3n) is 8.03. The summed E-state index contributed by atoms with van der Waals surface area (Å²) in [6.07, 6.45) is 5.95. The zero-order valence-electron chi connectivity index (χ0n) is 21.6. The first-order chi connectivity index (χ1) is 17.9. The Labute approximate surface area is 216 Å². The molecule has 3 heterocycles. The Kier molecular flexibility index (Phi) is 5.90. The lowest BCUT2D eigenvalue weighted by atomic mass is 10.00. The zero-order chi connectivity index (χ0) is 25.7. The van der Waals surface area contributed by atoms with Crippen LogP contribution in [0.2, 0.25) is 0 Å². The summed E-state index contributed by atoms with van der Waals surface area (Å²) in [6, 6.07) is 6.02. The van der Waals surface area contributed by atoms with Gasteiger partial charge in [0.15, 0.2) is 0 Å². The maximum atomic E-state index is 13.6. The van der Waals surface area contributed by atoms with Gasteiger partial charge in [-0.25, -0.2) is 9.97 Å². The molecule has 2 amide bonds. The van der Waals surface area contributed by atoms with Crippen LogP contribution in [-0.2, 0) is 9.53 Å². The van der Waals surface area contributed by atoms with Gasteiger partial charge in [-0.2, -0.15) is 0 Å². The molecule has 0 radical (unpaired) electrons. The van der Waals surface area contributed by atoms with Gasteiger partial charge in [0.25, 0.3) is 5.91 Å². The summed E-state index contributed by atoms with van der Waals surface area (Å²) in [5.41, 5.74) is 5.24. The Morgan fingerprint density at radius 1 is 1.22 bits per heavy atom. The number of aromatic nitrogens is 3. The van der Waals surface area contributed by atoms with Crippen LogP contribution in [0.15, 0.2) is 24.5 Å². The van der Waals surface area contributed by atoms with Crippen LogP contribution in [0.5, 0.6) is 5.75 Å². The monoisotopic (exact) mass is 503 g/mol. The SMILES string of the molecule is COCC(=O)N1CC(NC(=O)c2c(C)[nH]c3c(-c4cc(C)ccc4OCC4CC4)ncnc23)C2(CC2)C1. The molecular formula is C28H33N5O4. The second kappa shape index (κ2) is 9.13. The van der Waals surface area contributed by atoms with E-state index in [9.17, 15) is 9.59 Å². The number of nitrogens with zero attached hydrogens (tertiary/aromatic N) is 3. The summed E-state index contributed by atoms with van der Waals surface area (Å²) >= 11 is 0. The lowest BCUT2D eigenvalue weighted by molar-refractivity contribution is -0.134. The van der Waals surface area contributed by atoms with Crippen molar-refractivity contribution < 1.29 is 19.1 Å². The fraction of sp³-hybridized carbons (Fsp3) is 0.500. The van der Waals surface area contributed by atoms with Crippen molar-refractivity contribution in [2.45, 2.75) is 45.6 Å². The third kappa shape index (κ3) is 4.45. The number of rotatable bonds is 8. The first-order valence-electron chi connectivity index (χ1n) is 13.0. The number of hydrogen-bond donors (Lipinski definition) is 2. The Bertz CT molecular complexity index is 1370. The summed E-state index contributed by atoms with van der Waals surface area (Å²) < 4.78 is 11.2. The van der Waals surface area contributed by atoms with Crippen molar-refractivity contribution in [2.75, 3.05) is 33.4 Å².